The molecule has 1 amide bonds. The number of carbonyl (C=O) groups is 1. The maximum absolute atomic E-state index is 12.6. The van der Waals surface area contributed by atoms with Crippen LogP contribution in [0.1, 0.15) is 27.2 Å². The first-order valence-electron chi connectivity index (χ1n) is 8.34. The van der Waals surface area contributed by atoms with Crippen LogP contribution in [0.4, 0.5) is 5.82 Å². The number of pyridine rings is 1. The maximum Gasteiger partial charge on any atom is 0.256 e. The van der Waals surface area contributed by atoms with E-state index >= 15 is 0 Å². The Kier molecular flexibility index (Phi) is 4.86. The Hall–Kier alpha value is -2.66. The number of anilines is 1. The number of methoxy groups -OCH3 is 1. The molecular formula is C20H23N3O2. The Bertz CT molecular complexity index is 928. The molecule has 0 aliphatic carbocycles. The third kappa shape index (κ3) is 3.28. The van der Waals surface area contributed by atoms with Crippen LogP contribution in [0.2, 0.25) is 0 Å². The molecule has 0 fully saturated rings. The summed E-state index contributed by atoms with van der Waals surface area (Å²) >= 11 is 0. The first kappa shape index (κ1) is 17.2. The van der Waals surface area contributed by atoms with Gasteiger partial charge in [0.1, 0.15) is 5.82 Å². The molecule has 130 valence electrons. The van der Waals surface area contributed by atoms with Crippen LogP contribution in [0.15, 0.2) is 36.5 Å². The van der Waals surface area contributed by atoms with Crippen molar-refractivity contribution in [3.63, 3.8) is 0 Å². The number of aryl methyl sites for hydroxylation is 2. The molecule has 5 nitrogen and oxygen atoms in total. The van der Waals surface area contributed by atoms with Gasteiger partial charge in [0, 0.05) is 42.0 Å². The van der Waals surface area contributed by atoms with Crippen molar-refractivity contribution >= 4 is 22.6 Å². The number of hydrogen-bond acceptors (Lipinski definition) is 3. The zero-order valence-electron chi connectivity index (χ0n) is 15.1. The molecule has 0 radical (unpaired) electrons. The fourth-order valence-corrected chi connectivity index (χ4v) is 3.06. The van der Waals surface area contributed by atoms with Gasteiger partial charge in [-0.05, 0) is 56.2 Å². The normalized spacial score (nSPS) is 11.0. The summed E-state index contributed by atoms with van der Waals surface area (Å²) in [7, 11) is 1.70. The Labute approximate surface area is 147 Å². The molecule has 0 aliphatic heterocycles. The smallest absolute Gasteiger partial charge is 0.256 e. The largest absolute Gasteiger partial charge is 0.383 e. The summed E-state index contributed by atoms with van der Waals surface area (Å²) in [6.07, 6.45) is 1.68. The number of aromatic nitrogens is 2. The molecule has 2 heterocycles. The van der Waals surface area contributed by atoms with E-state index in [1.807, 2.05) is 37.3 Å². The number of benzene rings is 1. The van der Waals surface area contributed by atoms with Crippen LogP contribution in [-0.2, 0) is 11.3 Å². The fourth-order valence-electron chi connectivity index (χ4n) is 3.06. The van der Waals surface area contributed by atoms with Crippen molar-refractivity contribution in [2.75, 3.05) is 19.0 Å². The SMILES string of the molecule is COCCn1c(C)c(C)c2cc(C(=O)Nc3ncccc3C)ccc21. The third-order valence-corrected chi connectivity index (χ3v) is 4.66. The van der Waals surface area contributed by atoms with Crippen molar-refractivity contribution in [3.05, 3.63) is 58.9 Å². The summed E-state index contributed by atoms with van der Waals surface area (Å²) in [5.41, 5.74) is 5.08. The molecular weight excluding hydrogens is 314 g/mol. The van der Waals surface area contributed by atoms with E-state index in [0.29, 0.717) is 18.0 Å². The van der Waals surface area contributed by atoms with Crippen LogP contribution in [0.3, 0.4) is 0 Å². The molecule has 0 saturated heterocycles. The fraction of sp³-hybridized carbons (Fsp3) is 0.300. The molecule has 3 rings (SSSR count). The molecule has 1 N–H and O–H groups in total. The molecule has 5 heteroatoms. The first-order valence-corrected chi connectivity index (χ1v) is 8.34. The standard InChI is InChI=1S/C20H23N3O2/c1-13-6-5-9-21-19(13)22-20(24)16-7-8-18-17(12-16)14(2)15(3)23(18)10-11-25-4/h5-9,12H,10-11H2,1-4H3,(H,21,22,24). The molecule has 2 aromatic heterocycles. The molecule has 25 heavy (non-hydrogen) atoms. The Balaban J connectivity index is 1.94. The third-order valence-electron chi connectivity index (χ3n) is 4.66. The summed E-state index contributed by atoms with van der Waals surface area (Å²) in [5, 5.41) is 3.99. The molecule has 0 unspecified atom stereocenters. The van der Waals surface area contributed by atoms with E-state index in [2.05, 4.69) is 28.7 Å². The van der Waals surface area contributed by atoms with Crippen LogP contribution in [0.5, 0.6) is 0 Å². The van der Waals surface area contributed by atoms with Crippen LogP contribution in [-0.4, -0.2) is 29.2 Å². The van der Waals surface area contributed by atoms with E-state index in [1.54, 1.807) is 13.3 Å². The van der Waals surface area contributed by atoms with Gasteiger partial charge in [0.2, 0.25) is 0 Å². The van der Waals surface area contributed by atoms with Crippen molar-refractivity contribution in [1.29, 1.82) is 0 Å². The van der Waals surface area contributed by atoms with E-state index < -0.39 is 0 Å². The van der Waals surface area contributed by atoms with Gasteiger partial charge >= 0.3 is 0 Å². The van der Waals surface area contributed by atoms with Gasteiger partial charge in [-0.15, -0.1) is 0 Å². The number of carbonyl (C=O) groups excluding carboxylic acids is 1. The number of nitrogens with one attached hydrogen (secondary N) is 1. The van der Waals surface area contributed by atoms with Gasteiger partial charge in [0.15, 0.2) is 0 Å². The van der Waals surface area contributed by atoms with E-state index in [-0.39, 0.29) is 5.91 Å². The number of amides is 1. The lowest BCUT2D eigenvalue weighted by atomic mass is 10.1. The van der Waals surface area contributed by atoms with Gasteiger partial charge in [-0.1, -0.05) is 6.07 Å². The van der Waals surface area contributed by atoms with Crippen molar-refractivity contribution in [3.8, 4) is 0 Å². The lowest BCUT2D eigenvalue weighted by Gasteiger charge is -2.09. The van der Waals surface area contributed by atoms with Crippen LogP contribution in [0, 0.1) is 20.8 Å². The maximum atomic E-state index is 12.6. The molecule has 0 saturated carbocycles. The summed E-state index contributed by atoms with van der Waals surface area (Å²) in [5.74, 6) is 0.448. The number of fused-ring (bicyclic) bond motifs is 1. The van der Waals surface area contributed by atoms with Crippen molar-refractivity contribution in [2.45, 2.75) is 27.3 Å². The quantitative estimate of drug-likeness (QED) is 0.769. The summed E-state index contributed by atoms with van der Waals surface area (Å²) in [6, 6.07) is 9.60. The number of ether oxygens (including phenoxy) is 1. The summed E-state index contributed by atoms with van der Waals surface area (Å²) in [4.78, 5) is 16.8. The van der Waals surface area contributed by atoms with E-state index in [9.17, 15) is 4.79 Å². The van der Waals surface area contributed by atoms with Gasteiger partial charge in [0.05, 0.1) is 6.61 Å². The second-order valence-corrected chi connectivity index (χ2v) is 6.21. The minimum atomic E-state index is -0.148. The molecule has 0 atom stereocenters. The average Bonchev–Trinajstić information content (AvgIpc) is 2.85. The predicted molar refractivity (Wildman–Crippen MR) is 100 cm³/mol. The summed E-state index contributed by atoms with van der Waals surface area (Å²) in [6.45, 7) is 7.57. The Morgan fingerprint density at radius 1 is 1.24 bits per heavy atom. The van der Waals surface area contributed by atoms with Crippen molar-refractivity contribution in [2.24, 2.45) is 0 Å². The van der Waals surface area contributed by atoms with Crippen LogP contribution >= 0.6 is 0 Å². The zero-order valence-corrected chi connectivity index (χ0v) is 15.1. The molecule has 1 aromatic carbocycles. The van der Waals surface area contributed by atoms with Crippen molar-refractivity contribution in [1.82, 2.24) is 9.55 Å². The number of rotatable bonds is 5. The van der Waals surface area contributed by atoms with Gasteiger partial charge in [-0.25, -0.2) is 4.98 Å². The minimum Gasteiger partial charge on any atom is -0.383 e. The zero-order chi connectivity index (χ0) is 18.0. The monoisotopic (exact) mass is 337 g/mol. The Morgan fingerprint density at radius 2 is 2.04 bits per heavy atom. The predicted octanol–water partition coefficient (Wildman–Crippen LogP) is 3.86. The van der Waals surface area contributed by atoms with Gasteiger partial charge in [-0.3, -0.25) is 4.79 Å². The van der Waals surface area contributed by atoms with E-state index in [0.717, 1.165) is 23.0 Å². The van der Waals surface area contributed by atoms with Gasteiger partial charge in [-0.2, -0.15) is 0 Å². The van der Waals surface area contributed by atoms with Crippen LogP contribution in [0.25, 0.3) is 10.9 Å². The topological polar surface area (TPSA) is 56.1 Å². The highest BCUT2D eigenvalue weighted by Crippen LogP contribution is 2.26. The molecule has 3 aromatic rings. The Morgan fingerprint density at radius 3 is 2.76 bits per heavy atom. The van der Waals surface area contributed by atoms with Gasteiger partial charge in [0.25, 0.3) is 5.91 Å². The molecule has 0 bridgehead atoms. The molecule has 0 spiro atoms. The van der Waals surface area contributed by atoms with E-state index in [4.69, 9.17) is 4.74 Å². The average molecular weight is 337 g/mol. The van der Waals surface area contributed by atoms with Crippen LogP contribution < -0.4 is 5.32 Å². The van der Waals surface area contributed by atoms with E-state index in [1.165, 1.54) is 11.3 Å². The highest BCUT2D eigenvalue weighted by atomic mass is 16.5. The molecule has 0 aliphatic rings. The second-order valence-electron chi connectivity index (χ2n) is 6.21. The number of nitrogens with zero attached hydrogens (tertiary/aromatic N) is 2. The van der Waals surface area contributed by atoms with Crippen molar-refractivity contribution < 1.29 is 9.53 Å². The lowest BCUT2D eigenvalue weighted by Crippen LogP contribution is -2.13. The minimum absolute atomic E-state index is 0.148. The first-order chi connectivity index (χ1) is 12.0. The van der Waals surface area contributed by atoms with Gasteiger partial charge < -0.3 is 14.6 Å². The lowest BCUT2D eigenvalue weighted by molar-refractivity contribution is 0.102. The highest BCUT2D eigenvalue weighted by Gasteiger charge is 2.14. The second kappa shape index (κ2) is 7.07. The number of hydrogen-bond donors (Lipinski definition) is 1. The highest BCUT2D eigenvalue weighted by molar-refractivity contribution is 6.06. The summed E-state index contributed by atoms with van der Waals surface area (Å²) < 4.78 is 7.44.